The normalized spacial score (nSPS) is 20.1. The first-order valence-corrected chi connectivity index (χ1v) is 12.3. The standard InChI is InChI=1S/C27H30FN5O3/c1-31(24-12-26(35)32(2)23-10-4-19(13-29)30-27(23)24)20-5-7-21(8-6-20)33(14-17-15-36-16-17)22-9-3-18(28)11-25(22)34/h3-4,9-12,17,20-21,34H,5-8,14-16H2,1-2H3/t20-,21-. The van der Waals surface area contributed by atoms with Crippen molar-refractivity contribution in [3.8, 4) is 11.8 Å². The van der Waals surface area contributed by atoms with E-state index >= 15 is 0 Å². The van der Waals surface area contributed by atoms with Gasteiger partial charge in [0.25, 0.3) is 5.56 Å². The third-order valence-corrected chi connectivity index (χ3v) is 7.63. The molecule has 1 aliphatic carbocycles. The van der Waals surface area contributed by atoms with E-state index in [1.807, 2.05) is 7.05 Å². The molecule has 2 aliphatic rings. The maximum absolute atomic E-state index is 13.7. The van der Waals surface area contributed by atoms with Gasteiger partial charge in [-0.15, -0.1) is 0 Å². The highest BCUT2D eigenvalue weighted by Gasteiger charge is 2.33. The van der Waals surface area contributed by atoms with E-state index in [-0.39, 0.29) is 23.4 Å². The van der Waals surface area contributed by atoms with E-state index in [1.165, 1.54) is 12.1 Å². The number of fused-ring (bicyclic) bond motifs is 1. The summed E-state index contributed by atoms with van der Waals surface area (Å²) in [7, 11) is 3.69. The van der Waals surface area contributed by atoms with Gasteiger partial charge in [0.1, 0.15) is 28.8 Å². The molecular weight excluding hydrogens is 461 g/mol. The fourth-order valence-electron chi connectivity index (χ4n) is 5.45. The number of phenolic OH excluding ortho intramolecular Hbond substituents is 1. The Hall–Kier alpha value is -3.64. The quantitative estimate of drug-likeness (QED) is 0.564. The fraction of sp³-hybridized carbons (Fsp3) is 0.444. The second-order valence-corrected chi connectivity index (χ2v) is 9.86. The predicted molar refractivity (Wildman–Crippen MR) is 136 cm³/mol. The van der Waals surface area contributed by atoms with Gasteiger partial charge in [-0.1, -0.05) is 0 Å². The molecule has 188 valence electrons. The number of halogens is 1. The van der Waals surface area contributed by atoms with E-state index in [0.717, 1.165) is 37.9 Å². The Bertz CT molecular complexity index is 1370. The van der Waals surface area contributed by atoms with E-state index in [1.54, 1.807) is 35.9 Å². The van der Waals surface area contributed by atoms with Gasteiger partial charge in [-0.2, -0.15) is 5.26 Å². The lowest BCUT2D eigenvalue weighted by molar-refractivity contribution is -0.0286. The molecule has 1 saturated carbocycles. The summed E-state index contributed by atoms with van der Waals surface area (Å²) >= 11 is 0. The van der Waals surface area contributed by atoms with Crippen LogP contribution in [0, 0.1) is 23.1 Å². The topological polar surface area (TPSA) is 94.6 Å². The van der Waals surface area contributed by atoms with Crippen LogP contribution in [0.3, 0.4) is 0 Å². The maximum Gasteiger partial charge on any atom is 0.252 e. The van der Waals surface area contributed by atoms with E-state index in [2.05, 4.69) is 20.9 Å². The number of hydrogen-bond donors (Lipinski definition) is 1. The average Bonchev–Trinajstić information content (AvgIpc) is 2.86. The molecule has 0 unspecified atom stereocenters. The molecule has 2 fully saturated rings. The number of rotatable bonds is 6. The Morgan fingerprint density at radius 3 is 2.50 bits per heavy atom. The van der Waals surface area contributed by atoms with Gasteiger partial charge in [-0.05, 0) is 49.9 Å². The molecule has 1 N–H and O–H groups in total. The molecule has 1 aromatic carbocycles. The Labute approximate surface area is 209 Å². The lowest BCUT2D eigenvalue weighted by atomic mass is 9.88. The zero-order valence-corrected chi connectivity index (χ0v) is 20.5. The summed E-state index contributed by atoms with van der Waals surface area (Å²) in [5, 5.41) is 19.8. The van der Waals surface area contributed by atoms with Gasteiger partial charge in [-0.25, -0.2) is 9.37 Å². The van der Waals surface area contributed by atoms with E-state index in [9.17, 15) is 19.6 Å². The number of benzene rings is 1. The van der Waals surface area contributed by atoms with Crippen LogP contribution in [0.2, 0.25) is 0 Å². The van der Waals surface area contributed by atoms with Crippen LogP contribution in [0.15, 0.2) is 41.2 Å². The fourth-order valence-corrected chi connectivity index (χ4v) is 5.45. The highest BCUT2D eigenvalue weighted by atomic mass is 19.1. The van der Waals surface area contributed by atoms with Crippen molar-refractivity contribution in [1.82, 2.24) is 9.55 Å². The number of hydrogen-bond acceptors (Lipinski definition) is 7. The van der Waals surface area contributed by atoms with Crippen molar-refractivity contribution in [3.05, 3.63) is 58.3 Å². The van der Waals surface area contributed by atoms with Gasteiger partial charge in [0.2, 0.25) is 0 Å². The molecule has 0 spiro atoms. The van der Waals surface area contributed by atoms with E-state index in [0.29, 0.717) is 41.5 Å². The Morgan fingerprint density at radius 1 is 1.14 bits per heavy atom. The van der Waals surface area contributed by atoms with Gasteiger partial charge >= 0.3 is 0 Å². The number of phenols is 1. The van der Waals surface area contributed by atoms with Crippen LogP contribution < -0.4 is 15.4 Å². The van der Waals surface area contributed by atoms with Crippen LogP contribution >= 0.6 is 0 Å². The highest BCUT2D eigenvalue weighted by Crippen LogP contribution is 2.37. The van der Waals surface area contributed by atoms with Crippen LogP contribution in [0.4, 0.5) is 15.8 Å². The second-order valence-electron chi connectivity index (χ2n) is 9.86. The summed E-state index contributed by atoms with van der Waals surface area (Å²) in [6.45, 7) is 2.15. The summed E-state index contributed by atoms with van der Waals surface area (Å²) in [6, 6.07) is 11.7. The molecule has 5 rings (SSSR count). The Morgan fingerprint density at radius 2 is 1.86 bits per heavy atom. The van der Waals surface area contributed by atoms with Crippen LogP contribution in [-0.4, -0.2) is 53.5 Å². The SMILES string of the molecule is Cn1c(=O)cc(N(C)[C@H]2CC[C@H](N(CC3COC3)c3ccc(F)cc3O)CC2)c2nc(C#N)ccc21. The van der Waals surface area contributed by atoms with Gasteiger partial charge < -0.3 is 24.2 Å². The maximum atomic E-state index is 13.7. The predicted octanol–water partition coefficient (Wildman–Crippen LogP) is 3.55. The van der Waals surface area contributed by atoms with Crippen LogP contribution in [0.5, 0.6) is 5.75 Å². The van der Waals surface area contributed by atoms with E-state index in [4.69, 9.17) is 4.74 Å². The lowest BCUT2D eigenvalue weighted by Gasteiger charge is -2.43. The van der Waals surface area contributed by atoms with Crippen molar-refractivity contribution in [2.24, 2.45) is 13.0 Å². The molecule has 0 bridgehead atoms. The van der Waals surface area contributed by atoms with Gasteiger partial charge in [0, 0.05) is 50.8 Å². The Kier molecular flexibility index (Phi) is 6.54. The first-order chi connectivity index (χ1) is 17.4. The third kappa shape index (κ3) is 4.49. The molecule has 36 heavy (non-hydrogen) atoms. The number of aryl methyl sites for hydroxylation is 1. The first-order valence-electron chi connectivity index (χ1n) is 12.3. The summed E-state index contributed by atoms with van der Waals surface area (Å²) < 4.78 is 20.6. The molecule has 0 atom stereocenters. The molecule has 2 aromatic heterocycles. The average molecular weight is 492 g/mol. The van der Waals surface area contributed by atoms with E-state index < -0.39 is 5.82 Å². The third-order valence-electron chi connectivity index (χ3n) is 7.63. The first kappa shape index (κ1) is 24.1. The smallest absolute Gasteiger partial charge is 0.252 e. The van der Waals surface area contributed by atoms with Crippen LogP contribution in [0.1, 0.15) is 31.4 Å². The highest BCUT2D eigenvalue weighted by molar-refractivity contribution is 5.88. The molecule has 9 heteroatoms. The number of anilines is 2. The largest absolute Gasteiger partial charge is 0.506 e. The summed E-state index contributed by atoms with van der Waals surface area (Å²) in [5.41, 5.74) is 2.92. The number of aromatic nitrogens is 2. The molecule has 1 saturated heterocycles. The Balaban J connectivity index is 1.38. The molecule has 8 nitrogen and oxygen atoms in total. The zero-order valence-electron chi connectivity index (χ0n) is 20.5. The van der Waals surface area contributed by atoms with Crippen molar-refractivity contribution < 1.29 is 14.2 Å². The summed E-state index contributed by atoms with van der Waals surface area (Å²) in [5.74, 6) is -0.106. The lowest BCUT2D eigenvalue weighted by Crippen LogP contribution is -2.48. The second kappa shape index (κ2) is 9.78. The molecule has 0 radical (unpaired) electrons. The number of nitriles is 1. The molecule has 3 aromatic rings. The van der Waals surface area contributed by atoms with Crippen molar-refractivity contribution in [1.29, 1.82) is 5.26 Å². The van der Waals surface area contributed by atoms with Crippen molar-refractivity contribution in [2.75, 3.05) is 36.6 Å². The van der Waals surface area contributed by atoms with Crippen molar-refractivity contribution in [2.45, 2.75) is 37.8 Å². The van der Waals surface area contributed by atoms with Crippen molar-refractivity contribution >= 4 is 22.4 Å². The monoisotopic (exact) mass is 491 g/mol. The number of aromatic hydroxyl groups is 1. The van der Waals surface area contributed by atoms with Crippen LogP contribution in [-0.2, 0) is 11.8 Å². The van der Waals surface area contributed by atoms with Gasteiger partial charge in [0.05, 0.1) is 30.1 Å². The van der Waals surface area contributed by atoms with Gasteiger partial charge in [0.15, 0.2) is 0 Å². The summed E-state index contributed by atoms with van der Waals surface area (Å²) in [6.07, 6.45) is 3.54. The number of nitrogens with zero attached hydrogens (tertiary/aromatic N) is 5. The zero-order chi connectivity index (χ0) is 25.4. The minimum absolute atomic E-state index is 0.0412. The van der Waals surface area contributed by atoms with Crippen molar-refractivity contribution in [3.63, 3.8) is 0 Å². The molecule has 1 aliphatic heterocycles. The molecular formula is C27H30FN5O3. The number of ether oxygens (including phenoxy) is 1. The molecule has 3 heterocycles. The minimum atomic E-state index is -0.456. The molecule has 0 amide bonds. The van der Waals surface area contributed by atoms with Gasteiger partial charge in [-0.3, -0.25) is 4.79 Å². The summed E-state index contributed by atoms with van der Waals surface area (Å²) in [4.78, 5) is 21.5. The minimum Gasteiger partial charge on any atom is -0.506 e. The van der Waals surface area contributed by atoms with Crippen LogP contribution in [0.25, 0.3) is 11.0 Å². The number of pyridine rings is 2.